The SMILES string of the molecule is NCCCc1ccc(F)cc1Br. The summed E-state index contributed by atoms with van der Waals surface area (Å²) in [5.41, 5.74) is 6.48. The molecule has 0 aliphatic carbocycles. The zero-order valence-corrected chi connectivity index (χ0v) is 8.27. The van der Waals surface area contributed by atoms with E-state index >= 15 is 0 Å². The molecular weight excluding hydrogens is 221 g/mol. The van der Waals surface area contributed by atoms with Crippen molar-refractivity contribution >= 4 is 15.9 Å². The normalized spacial score (nSPS) is 10.2. The summed E-state index contributed by atoms with van der Waals surface area (Å²) in [4.78, 5) is 0. The van der Waals surface area contributed by atoms with Gasteiger partial charge in [0.05, 0.1) is 0 Å². The van der Waals surface area contributed by atoms with Gasteiger partial charge in [-0.25, -0.2) is 4.39 Å². The molecular formula is C9H11BrFN. The van der Waals surface area contributed by atoms with Crippen molar-refractivity contribution in [3.05, 3.63) is 34.1 Å². The summed E-state index contributed by atoms with van der Waals surface area (Å²) in [6.45, 7) is 0.670. The average molecular weight is 232 g/mol. The lowest BCUT2D eigenvalue weighted by atomic mass is 10.1. The zero-order chi connectivity index (χ0) is 8.97. The molecule has 1 nitrogen and oxygen atoms in total. The second-order valence-electron chi connectivity index (χ2n) is 2.63. The van der Waals surface area contributed by atoms with Crippen LogP contribution in [0.25, 0.3) is 0 Å². The Morgan fingerprint density at radius 1 is 1.42 bits per heavy atom. The predicted octanol–water partition coefficient (Wildman–Crippen LogP) is 2.48. The van der Waals surface area contributed by atoms with E-state index in [0.29, 0.717) is 6.54 Å². The van der Waals surface area contributed by atoms with Crippen LogP contribution in [0.1, 0.15) is 12.0 Å². The first-order chi connectivity index (χ1) is 5.74. The van der Waals surface area contributed by atoms with Crippen LogP contribution in [-0.2, 0) is 6.42 Å². The molecule has 12 heavy (non-hydrogen) atoms. The van der Waals surface area contributed by atoms with Crippen LogP contribution < -0.4 is 5.73 Å². The Bertz CT molecular complexity index is 263. The average Bonchev–Trinajstić information content (AvgIpc) is 2.03. The molecule has 0 spiro atoms. The Morgan fingerprint density at radius 2 is 2.17 bits per heavy atom. The molecule has 0 bridgehead atoms. The molecule has 3 heteroatoms. The Morgan fingerprint density at radius 3 is 2.75 bits per heavy atom. The third-order valence-corrected chi connectivity index (χ3v) is 2.40. The van der Waals surface area contributed by atoms with Gasteiger partial charge in [-0.1, -0.05) is 22.0 Å². The molecule has 1 rings (SSSR count). The van der Waals surface area contributed by atoms with E-state index in [1.807, 2.05) is 0 Å². The Labute approximate surface area is 79.9 Å². The Hall–Kier alpha value is -0.410. The maximum absolute atomic E-state index is 12.6. The molecule has 0 aromatic heterocycles. The van der Waals surface area contributed by atoms with E-state index in [2.05, 4.69) is 15.9 Å². The molecule has 0 fully saturated rings. The van der Waals surface area contributed by atoms with Gasteiger partial charge in [-0.2, -0.15) is 0 Å². The highest BCUT2D eigenvalue weighted by Crippen LogP contribution is 2.18. The zero-order valence-electron chi connectivity index (χ0n) is 6.69. The van der Waals surface area contributed by atoms with Crippen molar-refractivity contribution < 1.29 is 4.39 Å². The van der Waals surface area contributed by atoms with E-state index in [1.54, 1.807) is 6.07 Å². The molecule has 0 amide bonds. The summed E-state index contributed by atoms with van der Waals surface area (Å²) in [7, 11) is 0. The van der Waals surface area contributed by atoms with Gasteiger partial charge in [0, 0.05) is 4.47 Å². The lowest BCUT2D eigenvalue weighted by Crippen LogP contribution is -2.00. The van der Waals surface area contributed by atoms with Crippen molar-refractivity contribution in [2.75, 3.05) is 6.54 Å². The van der Waals surface area contributed by atoms with Gasteiger partial charge in [-0.05, 0) is 37.1 Å². The first-order valence-electron chi connectivity index (χ1n) is 3.88. The highest BCUT2D eigenvalue weighted by molar-refractivity contribution is 9.10. The van der Waals surface area contributed by atoms with Crippen molar-refractivity contribution in [3.63, 3.8) is 0 Å². The van der Waals surface area contributed by atoms with E-state index in [4.69, 9.17) is 5.73 Å². The summed E-state index contributed by atoms with van der Waals surface area (Å²) in [6, 6.07) is 4.73. The van der Waals surface area contributed by atoms with E-state index in [9.17, 15) is 4.39 Å². The second kappa shape index (κ2) is 4.58. The Balaban J connectivity index is 2.72. The van der Waals surface area contributed by atoms with Crippen LogP contribution in [0.5, 0.6) is 0 Å². The molecule has 2 N–H and O–H groups in total. The van der Waals surface area contributed by atoms with Gasteiger partial charge in [-0.3, -0.25) is 0 Å². The number of rotatable bonds is 3. The van der Waals surface area contributed by atoms with Gasteiger partial charge in [0.1, 0.15) is 5.82 Å². The van der Waals surface area contributed by atoms with Crippen LogP contribution in [0.4, 0.5) is 4.39 Å². The first-order valence-corrected chi connectivity index (χ1v) is 4.67. The number of benzene rings is 1. The van der Waals surface area contributed by atoms with Crippen LogP contribution in [0, 0.1) is 5.82 Å². The summed E-state index contributed by atoms with van der Waals surface area (Å²) in [6.07, 6.45) is 1.83. The standard InChI is InChI=1S/C9H11BrFN/c10-9-6-8(11)4-3-7(9)2-1-5-12/h3-4,6H,1-2,5,12H2. The number of hydrogen-bond donors (Lipinski definition) is 1. The van der Waals surface area contributed by atoms with Crippen LogP contribution in [0.3, 0.4) is 0 Å². The molecule has 0 unspecified atom stereocenters. The van der Waals surface area contributed by atoms with Crippen molar-refractivity contribution in [2.45, 2.75) is 12.8 Å². The van der Waals surface area contributed by atoms with Crippen molar-refractivity contribution in [3.8, 4) is 0 Å². The van der Waals surface area contributed by atoms with Crippen LogP contribution >= 0.6 is 15.9 Å². The molecule has 66 valence electrons. The van der Waals surface area contributed by atoms with Crippen molar-refractivity contribution in [1.29, 1.82) is 0 Å². The highest BCUT2D eigenvalue weighted by atomic mass is 79.9. The molecule has 0 aliphatic rings. The Kier molecular flexibility index (Phi) is 3.69. The molecule has 0 radical (unpaired) electrons. The third-order valence-electron chi connectivity index (χ3n) is 1.67. The fourth-order valence-corrected chi connectivity index (χ4v) is 1.57. The number of hydrogen-bond acceptors (Lipinski definition) is 1. The largest absolute Gasteiger partial charge is 0.330 e. The fourth-order valence-electron chi connectivity index (χ4n) is 1.02. The van der Waals surface area contributed by atoms with E-state index in [-0.39, 0.29) is 5.82 Å². The van der Waals surface area contributed by atoms with Gasteiger partial charge in [0.2, 0.25) is 0 Å². The maximum Gasteiger partial charge on any atom is 0.124 e. The third kappa shape index (κ3) is 2.57. The number of aryl methyl sites for hydroxylation is 1. The quantitative estimate of drug-likeness (QED) is 0.851. The smallest absolute Gasteiger partial charge is 0.124 e. The minimum Gasteiger partial charge on any atom is -0.330 e. The summed E-state index contributed by atoms with van der Waals surface area (Å²) in [5.74, 6) is -0.210. The van der Waals surface area contributed by atoms with Crippen molar-refractivity contribution in [1.82, 2.24) is 0 Å². The predicted molar refractivity (Wildman–Crippen MR) is 51.5 cm³/mol. The number of halogens is 2. The minimum absolute atomic E-state index is 0.210. The highest BCUT2D eigenvalue weighted by Gasteiger charge is 1.99. The van der Waals surface area contributed by atoms with E-state index < -0.39 is 0 Å². The molecule has 0 atom stereocenters. The molecule has 1 aromatic rings. The minimum atomic E-state index is -0.210. The van der Waals surface area contributed by atoms with Crippen LogP contribution in [-0.4, -0.2) is 6.54 Å². The van der Waals surface area contributed by atoms with Gasteiger partial charge in [-0.15, -0.1) is 0 Å². The van der Waals surface area contributed by atoms with Crippen molar-refractivity contribution in [2.24, 2.45) is 5.73 Å². The molecule has 0 saturated carbocycles. The lowest BCUT2D eigenvalue weighted by molar-refractivity contribution is 0.625. The lowest BCUT2D eigenvalue weighted by Gasteiger charge is -2.02. The second-order valence-corrected chi connectivity index (χ2v) is 3.48. The van der Waals surface area contributed by atoms with E-state index in [1.165, 1.54) is 12.1 Å². The molecule has 0 heterocycles. The fraction of sp³-hybridized carbons (Fsp3) is 0.333. The molecule has 1 aromatic carbocycles. The number of nitrogens with two attached hydrogens (primary N) is 1. The van der Waals surface area contributed by atoms with Crippen LogP contribution in [0.15, 0.2) is 22.7 Å². The summed E-state index contributed by atoms with van der Waals surface area (Å²) in [5, 5.41) is 0. The van der Waals surface area contributed by atoms with Gasteiger partial charge < -0.3 is 5.73 Å². The monoisotopic (exact) mass is 231 g/mol. The maximum atomic E-state index is 12.6. The van der Waals surface area contributed by atoms with Gasteiger partial charge in [0.15, 0.2) is 0 Å². The topological polar surface area (TPSA) is 26.0 Å². The van der Waals surface area contributed by atoms with Gasteiger partial charge in [0.25, 0.3) is 0 Å². The molecule has 0 aliphatic heterocycles. The molecule has 0 saturated heterocycles. The summed E-state index contributed by atoms with van der Waals surface area (Å²) < 4.78 is 13.4. The van der Waals surface area contributed by atoms with Crippen LogP contribution in [0.2, 0.25) is 0 Å². The summed E-state index contributed by atoms with van der Waals surface area (Å²) >= 11 is 3.30. The van der Waals surface area contributed by atoms with E-state index in [0.717, 1.165) is 22.9 Å². The van der Waals surface area contributed by atoms with Gasteiger partial charge >= 0.3 is 0 Å². The first kappa shape index (κ1) is 9.68.